The molecule has 0 aliphatic rings. The van der Waals surface area contributed by atoms with Crippen molar-refractivity contribution in [1.29, 1.82) is 0 Å². The van der Waals surface area contributed by atoms with Gasteiger partial charge in [0.1, 0.15) is 12.4 Å². The molecule has 1 aromatic heterocycles. The summed E-state index contributed by atoms with van der Waals surface area (Å²) in [6.07, 6.45) is 1.07. The van der Waals surface area contributed by atoms with E-state index in [-0.39, 0.29) is 5.41 Å². The molecule has 0 saturated heterocycles. The molecule has 0 aliphatic carbocycles. The van der Waals surface area contributed by atoms with Crippen LogP contribution in [0.2, 0.25) is 0 Å². The highest BCUT2D eigenvalue weighted by Crippen LogP contribution is 2.31. The van der Waals surface area contributed by atoms with E-state index in [1.165, 1.54) is 5.56 Å². The lowest BCUT2D eigenvalue weighted by molar-refractivity contribution is 0.301. The number of hydrogen-bond donors (Lipinski definition) is 1. The van der Waals surface area contributed by atoms with Crippen molar-refractivity contribution in [2.75, 3.05) is 6.54 Å². The van der Waals surface area contributed by atoms with Crippen molar-refractivity contribution >= 4 is 10.9 Å². The number of ether oxygens (including phenoxy) is 1. The minimum atomic E-state index is 0.265. The number of nitrogens with zero attached hydrogens (tertiary/aromatic N) is 1. The monoisotopic (exact) mass is 348 g/mol. The molecule has 26 heavy (non-hydrogen) atoms. The van der Waals surface area contributed by atoms with Crippen molar-refractivity contribution < 1.29 is 4.74 Å². The Balaban J connectivity index is 1.65. The third kappa shape index (κ3) is 4.83. The van der Waals surface area contributed by atoms with Gasteiger partial charge in [0.05, 0.1) is 11.2 Å². The predicted octanol–water partition coefficient (Wildman–Crippen LogP) is 5.29. The Kier molecular flexibility index (Phi) is 5.58. The number of rotatable bonds is 6. The third-order valence-corrected chi connectivity index (χ3v) is 4.54. The molecule has 0 saturated carbocycles. The molecule has 2 N–H and O–H groups in total. The van der Waals surface area contributed by atoms with Gasteiger partial charge in [-0.2, -0.15) is 0 Å². The molecule has 2 aromatic carbocycles. The Bertz CT molecular complexity index is 850. The summed E-state index contributed by atoms with van der Waals surface area (Å²) in [5.74, 6) is 1.24. The first-order chi connectivity index (χ1) is 12.4. The molecular weight excluding hydrogens is 320 g/mol. The van der Waals surface area contributed by atoms with Gasteiger partial charge in [0, 0.05) is 5.39 Å². The van der Waals surface area contributed by atoms with Gasteiger partial charge >= 0.3 is 0 Å². The quantitative estimate of drug-likeness (QED) is 0.658. The van der Waals surface area contributed by atoms with Gasteiger partial charge in [-0.05, 0) is 54.1 Å². The Hall–Kier alpha value is -2.39. The first-order valence-corrected chi connectivity index (χ1v) is 9.22. The van der Waals surface area contributed by atoms with Crippen molar-refractivity contribution in [3.63, 3.8) is 0 Å². The van der Waals surface area contributed by atoms with Crippen LogP contribution in [0.15, 0.2) is 60.7 Å². The van der Waals surface area contributed by atoms with Gasteiger partial charge in [-0.1, -0.05) is 57.2 Å². The maximum atomic E-state index is 5.99. The van der Waals surface area contributed by atoms with E-state index < -0.39 is 0 Å². The van der Waals surface area contributed by atoms with Crippen LogP contribution in [0.25, 0.3) is 10.9 Å². The SMILES string of the molecule is CC(C)(C)CC(CN)c1ccc(OCc2ccc3ccccc3n2)cc1. The van der Waals surface area contributed by atoms with Crippen LogP contribution in [0, 0.1) is 5.41 Å². The van der Waals surface area contributed by atoms with E-state index in [0.717, 1.165) is 28.8 Å². The van der Waals surface area contributed by atoms with Crippen LogP contribution in [-0.2, 0) is 6.61 Å². The summed E-state index contributed by atoms with van der Waals surface area (Å²) < 4.78 is 5.92. The molecule has 0 fully saturated rings. The molecular formula is C23H28N2O. The molecule has 1 heterocycles. The highest BCUT2D eigenvalue weighted by Gasteiger charge is 2.19. The molecule has 1 atom stereocenters. The molecule has 0 bridgehead atoms. The van der Waals surface area contributed by atoms with Gasteiger partial charge in [0.2, 0.25) is 0 Å². The molecule has 0 spiro atoms. The second-order valence-electron chi connectivity index (χ2n) is 8.05. The van der Waals surface area contributed by atoms with Crippen molar-refractivity contribution in [3.8, 4) is 5.75 Å². The van der Waals surface area contributed by atoms with E-state index >= 15 is 0 Å². The Labute approximate surface area is 156 Å². The molecule has 0 aliphatic heterocycles. The van der Waals surface area contributed by atoms with Crippen LogP contribution in [0.3, 0.4) is 0 Å². The van der Waals surface area contributed by atoms with Gasteiger partial charge < -0.3 is 10.5 Å². The summed E-state index contributed by atoms with van der Waals surface area (Å²) in [5, 5.41) is 1.15. The van der Waals surface area contributed by atoms with Crippen LogP contribution >= 0.6 is 0 Å². The lowest BCUT2D eigenvalue weighted by Crippen LogP contribution is -2.19. The number of pyridine rings is 1. The first-order valence-electron chi connectivity index (χ1n) is 9.22. The van der Waals surface area contributed by atoms with Gasteiger partial charge in [-0.25, -0.2) is 4.98 Å². The highest BCUT2D eigenvalue weighted by atomic mass is 16.5. The number of fused-ring (bicyclic) bond motifs is 1. The lowest BCUT2D eigenvalue weighted by atomic mass is 9.81. The number of aromatic nitrogens is 1. The van der Waals surface area contributed by atoms with Crippen molar-refractivity contribution in [3.05, 3.63) is 71.9 Å². The summed E-state index contributed by atoms with van der Waals surface area (Å²) in [6.45, 7) is 7.89. The first kappa shape index (κ1) is 18.4. The average molecular weight is 348 g/mol. The summed E-state index contributed by atoms with van der Waals surface area (Å²) in [7, 11) is 0. The van der Waals surface area contributed by atoms with Crippen LogP contribution in [0.4, 0.5) is 0 Å². The van der Waals surface area contributed by atoms with Crippen LogP contribution in [0.1, 0.15) is 44.4 Å². The van der Waals surface area contributed by atoms with Gasteiger partial charge in [0.25, 0.3) is 0 Å². The fraction of sp³-hybridized carbons (Fsp3) is 0.348. The summed E-state index contributed by atoms with van der Waals surface area (Å²) in [4.78, 5) is 4.65. The molecule has 0 amide bonds. The standard InChI is InChI=1S/C23H28N2O/c1-23(2,3)14-19(15-24)17-9-12-21(13-10-17)26-16-20-11-8-18-6-4-5-7-22(18)25-20/h4-13,19H,14-16,24H2,1-3H3. The maximum Gasteiger partial charge on any atom is 0.130 e. The van der Waals surface area contributed by atoms with Crippen molar-refractivity contribution in [2.24, 2.45) is 11.1 Å². The average Bonchev–Trinajstić information content (AvgIpc) is 2.64. The Morgan fingerprint density at radius 2 is 1.69 bits per heavy atom. The summed E-state index contributed by atoms with van der Waals surface area (Å²) >= 11 is 0. The Morgan fingerprint density at radius 3 is 2.38 bits per heavy atom. The molecule has 3 aromatic rings. The third-order valence-electron chi connectivity index (χ3n) is 4.54. The van der Waals surface area contributed by atoms with Crippen LogP contribution in [-0.4, -0.2) is 11.5 Å². The number of benzene rings is 2. The minimum Gasteiger partial charge on any atom is -0.487 e. The number of hydrogen-bond acceptors (Lipinski definition) is 3. The Morgan fingerprint density at radius 1 is 0.962 bits per heavy atom. The summed E-state index contributed by atoms with van der Waals surface area (Å²) in [5.41, 5.74) is 9.46. The maximum absolute atomic E-state index is 5.99. The van der Waals surface area contributed by atoms with Gasteiger partial charge in [-0.15, -0.1) is 0 Å². The fourth-order valence-electron chi connectivity index (χ4n) is 3.26. The van der Waals surface area contributed by atoms with E-state index in [9.17, 15) is 0 Å². The smallest absolute Gasteiger partial charge is 0.130 e. The zero-order valence-electron chi connectivity index (χ0n) is 15.9. The predicted molar refractivity (Wildman–Crippen MR) is 108 cm³/mol. The van der Waals surface area contributed by atoms with E-state index in [1.54, 1.807) is 0 Å². The topological polar surface area (TPSA) is 48.1 Å². The molecule has 3 nitrogen and oxygen atoms in total. The normalized spacial score (nSPS) is 12.9. The zero-order chi connectivity index (χ0) is 18.6. The second-order valence-corrected chi connectivity index (χ2v) is 8.05. The highest BCUT2D eigenvalue weighted by molar-refractivity contribution is 5.78. The van der Waals surface area contributed by atoms with Crippen molar-refractivity contribution in [2.45, 2.75) is 39.7 Å². The molecule has 3 rings (SSSR count). The van der Waals surface area contributed by atoms with E-state index in [1.807, 2.05) is 36.4 Å². The lowest BCUT2D eigenvalue weighted by Gasteiger charge is -2.25. The molecule has 136 valence electrons. The largest absolute Gasteiger partial charge is 0.487 e. The second kappa shape index (κ2) is 7.88. The minimum absolute atomic E-state index is 0.265. The van der Waals surface area contributed by atoms with E-state index in [2.05, 4.69) is 50.0 Å². The van der Waals surface area contributed by atoms with Gasteiger partial charge in [0.15, 0.2) is 0 Å². The van der Waals surface area contributed by atoms with E-state index in [0.29, 0.717) is 19.1 Å². The van der Waals surface area contributed by atoms with Crippen LogP contribution in [0.5, 0.6) is 5.75 Å². The zero-order valence-corrected chi connectivity index (χ0v) is 15.9. The van der Waals surface area contributed by atoms with Gasteiger partial charge in [-0.3, -0.25) is 0 Å². The van der Waals surface area contributed by atoms with Crippen molar-refractivity contribution in [1.82, 2.24) is 4.98 Å². The molecule has 0 radical (unpaired) electrons. The fourth-order valence-corrected chi connectivity index (χ4v) is 3.26. The summed E-state index contributed by atoms with van der Waals surface area (Å²) in [6, 6.07) is 20.5. The van der Waals surface area contributed by atoms with Crippen LogP contribution < -0.4 is 10.5 Å². The molecule has 3 heteroatoms. The number of nitrogens with two attached hydrogens (primary N) is 1. The number of para-hydroxylation sites is 1. The van der Waals surface area contributed by atoms with E-state index in [4.69, 9.17) is 10.5 Å². The molecule has 1 unspecified atom stereocenters.